The number of nitrogens with zero attached hydrogens (tertiary/aromatic N) is 2. The van der Waals surface area contributed by atoms with Gasteiger partial charge in [-0.2, -0.15) is 0 Å². The molecule has 0 radical (unpaired) electrons. The SMILES string of the molecule is CC(=O)N1CCC(OC(=O)c2ccccc2C(=O)OC2CCN(C(C)=O)CC2)CC1. The lowest BCUT2D eigenvalue weighted by molar-refractivity contribution is -0.131. The number of carbonyl (C=O) groups excluding carboxylic acids is 4. The highest BCUT2D eigenvalue weighted by molar-refractivity contribution is 6.03. The lowest BCUT2D eigenvalue weighted by atomic mass is 10.1. The summed E-state index contributed by atoms with van der Waals surface area (Å²) in [6, 6.07) is 6.47. The summed E-state index contributed by atoms with van der Waals surface area (Å²) in [6.07, 6.45) is 1.74. The molecule has 3 rings (SSSR count). The molecule has 2 heterocycles. The van der Waals surface area contributed by atoms with Crippen molar-refractivity contribution in [2.75, 3.05) is 26.2 Å². The van der Waals surface area contributed by atoms with Crippen molar-refractivity contribution in [3.05, 3.63) is 35.4 Å². The molecule has 2 aliphatic heterocycles. The molecular formula is C22H28N2O6. The summed E-state index contributed by atoms with van der Waals surface area (Å²) >= 11 is 0. The highest BCUT2D eigenvalue weighted by Gasteiger charge is 2.28. The number of esters is 2. The fourth-order valence-corrected chi connectivity index (χ4v) is 3.85. The average molecular weight is 416 g/mol. The monoisotopic (exact) mass is 416 g/mol. The highest BCUT2D eigenvalue weighted by Crippen LogP contribution is 2.20. The number of benzene rings is 1. The van der Waals surface area contributed by atoms with Gasteiger partial charge in [0.2, 0.25) is 11.8 Å². The van der Waals surface area contributed by atoms with Gasteiger partial charge in [0.15, 0.2) is 0 Å². The molecule has 8 heteroatoms. The standard InChI is InChI=1S/C22H28N2O6/c1-15(25)23-11-7-17(8-12-23)29-21(27)19-5-3-4-6-20(19)22(28)30-18-9-13-24(14-10-18)16(2)26/h3-6,17-18H,7-14H2,1-2H3. The lowest BCUT2D eigenvalue weighted by Gasteiger charge is -2.31. The minimum Gasteiger partial charge on any atom is -0.459 e. The number of likely N-dealkylation sites (tertiary alicyclic amines) is 2. The van der Waals surface area contributed by atoms with E-state index in [0.717, 1.165) is 0 Å². The Morgan fingerprint density at radius 2 is 1.03 bits per heavy atom. The maximum Gasteiger partial charge on any atom is 0.339 e. The Balaban J connectivity index is 1.58. The predicted molar refractivity (Wildman–Crippen MR) is 108 cm³/mol. The van der Waals surface area contributed by atoms with E-state index >= 15 is 0 Å². The Labute approximate surface area is 176 Å². The molecule has 8 nitrogen and oxygen atoms in total. The Morgan fingerprint density at radius 1 is 0.700 bits per heavy atom. The van der Waals surface area contributed by atoms with Gasteiger partial charge in [-0.05, 0) is 12.1 Å². The molecule has 0 unspecified atom stereocenters. The Hall–Kier alpha value is -2.90. The largest absolute Gasteiger partial charge is 0.459 e. The topological polar surface area (TPSA) is 93.2 Å². The van der Waals surface area contributed by atoms with Crippen LogP contribution in [0.15, 0.2) is 24.3 Å². The first-order chi connectivity index (χ1) is 14.3. The molecule has 30 heavy (non-hydrogen) atoms. The molecule has 0 aliphatic carbocycles. The van der Waals surface area contributed by atoms with Crippen LogP contribution in [-0.4, -0.2) is 71.9 Å². The zero-order valence-electron chi connectivity index (χ0n) is 17.5. The number of carbonyl (C=O) groups is 4. The fraction of sp³-hybridized carbons (Fsp3) is 0.545. The maximum absolute atomic E-state index is 12.7. The van der Waals surface area contributed by atoms with Gasteiger partial charge in [0, 0.05) is 65.7 Å². The van der Waals surface area contributed by atoms with Crippen LogP contribution in [0.3, 0.4) is 0 Å². The molecule has 2 saturated heterocycles. The summed E-state index contributed by atoms with van der Waals surface area (Å²) in [5, 5.41) is 0. The molecule has 0 atom stereocenters. The van der Waals surface area contributed by atoms with E-state index in [9.17, 15) is 19.2 Å². The number of hydrogen-bond acceptors (Lipinski definition) is 6. The number of hydrogen-bond donors (Lipinski definition) is 0. The quantitative estimate of drug-likeness (QED) is 0.697. The fourth-order valence-electron chi connectivity index (χ4n) is 3.85. The van der Waals surface area contributed by atoms with Crippen molar-refractivity contribution in [1.82, 2.24) is 9.80 Å². The van der Waals surface area contributed by atoms with E-state index in [2.05, 4.69) is 0 Å². The van der Waals surface area contributed by atoms with Gasteiger partial charge >= 0.3 is 11.9 Å². The summed E-state index contributed by atoms with van der Waals surface area (Å²) in [4.78, 5) is 51.7. The second-order valence-electron chi connectivity index (χ2n) is 7.77. The van der Waals surface area contributed by atoms with Crippen LogP contribution in [0.4, 0.5) is 0 Å². The molecule has 2 amide bonds. The van der Waals surface area contributed by atoms with E-state index in [-0.39, 0.29) is 35.1 Å². The molecule has 2 fully saturated rings. The molecule has 2 aliphatic rings. The molecule has 0 spiro atoms. The average Bonchev–Trinajstić information content (AvgIpc) is 2.74. The zero-order valence-corrected chi connectivity index (χ0v) is 17.5. The van der Waals surface area contributed by atoms with Crippen LogP contribution in [0.5, 0.6) is 0 Å². The number of amides is 2. The van der Waals surface area contributed by atoms with E-state index < -0.39 is 11.9 Å². The smallest absolute Gasteiger partial charge is 0.339 e. The van der Waals surface area contributed by atoms with Gasteiger partial charge in [-0.15, -0.1) is 0 Å². The summed E-state index contributed by atoms with van der Waals surface area (Å²) < 4.78 is 11.2. The first-order valence-electron chi connectivity index (χ1n) is 10.4. The first-order valence-corrected chi connectivity index (χ1v) is 10.4. The van der Waals surface area contributed by atoms with Gasteiger partial charge in [-0.3, -0.25) is 9.59 Å². The summed E-state index contributed by atoms with van der Waals surface area (Å²) in [6.45, 7) is 5.26. The van der Waals surface area contributed by atoms with Crippen molar-refractivity contribution < 1.29 is 28.7 Å². The third kappa shape index (κ3) is 5.37. The molecule has 1 aromatic carbocycles. The lowest BCUT2D eigenvalue weighted by Crippen LogP contribution is -2.40. The van der Waals surface area contributed by atoms with Crippen molar-refractivity contribution in [1.29, 1.82) is 0 Å². The Morgan fingerprint density at radius 3 is 1.33 bits per heavy atom. The maximum atomic E-state index is 12.7. The van der Waals surface area contributed by atoms with Crippen LogP contribution >= 0.6 is 0 Å². The van der Waals surface area contributed by atoms with E-state index in [1.807, 2.05) is 0 Å². The van der Waals surface area contributed by atoms with Crippen molar-refractivity contribution in [3.63, 3.8) is 0 Å². The number of rotatable bonds is 4. The van der Waals surface area contributed by atoms with Crippen molar-refractivity contribution in [2.45, 2.75) is 51.7 Å². The molecule has 0 N–H and O–H groups in total. The minimum atomic E-state index is -0.560. The van der Waals surface area contributed by atoms with Gasteiger partial charge in [-0.25, -0.2) is 9.59 Å². The van der Waals surface area contributed by atoms with Crippen LogP contribution in [0, 0.1) is 0 Å². The predicted octanol–water partition coefficient (Wildman–Crippen LogP) is 2.02. The van der Waals surface area contributed by atoms with Gasteiger partial charge < -0.3 is 19.3 Å². The van der Waals surface area contributed by atoms with Gasteiger partial charge in [0.05, 0.1) is 11.1 Å². The number of piperidine rings is 2. The van der Waals surface area contributed by atoms with Crippen LogP contribution in [-0.2, 0) is 19.1 Å². The van der Waals surface area contributed by atoms with E-state index in [1.54, 1.807) is 34.1 Å². The summed E-state index contributed by atoms with van der Waals surface area (Å²) in [5.41, 5.74) is 0.357. The third-order valence-corrected chi connectivity index (χ3v) is 5.69. The van der Waals surface area contributed by atoms with Crippen LogP contribution in [0.2, 0.25) is 0 Å². The summed E-state index contributed by atoms with van der Waals surface area (Å²) in [5.74, 6) is -1.09. The van der Waals surface area contributed by atoms with Crippen LogP contribution in [0.25, 0.3) is 0 Å². The van der Waals surface area contributed by atoms with Crippen molar-refractivity contribution in [2.24, 2.45) is 0 Å². The molecule has 162 valence electrons. The van der Waals surface area contributed by atoms with Crippen LogP contribution < -0.4 is 0 Å². The summed E-state index contributed by atoms with van der Waals surface area (Å²) in [7, 11) is 0. The second kappa shape index (κ2) is 9.73. The zero-order chi connectivity index (χ0) is 21.7. The van der Waals surface area contributed by atoms with E-state index in [0.29, 0.717) is 51.9 Å². The van der Waals surface area contributed by atoms with Gasteiger partial charge in [0.25, 0.3) is 0 Å². The van der Waals surface area contributed by atoms with Crippen LogP contribution in [0.1, 0.15) is 60.2 Å². The van der Waals surface area contributed by atoms with Crippen molar-refractivity contribution >= 4 is 23.8 Å². The molecule has 0 aromatic heterocycles. The Kier molecular flexibility index (Phi) is 7.07. The van der Waals surface area contributed by atoms with E-state index in [1.165, 1.54) is 13.8 Å². The third-order valence-electron chi connectivity index (χ3n) is 5.69. The first kappa shape index (κ1) is 21.8. The van der Waals surface area contributed by atoms with Gasteiger partial charge in [0.1, 0.15) is 12.2 Å². The van der Waals surface area contributed by atoms with Crippen molar-refractivity contribution in [3.8, 4) is 0 Å². The molecule has 1 aromatic rings. The Bertz CT molecular complexity index is 741. The van der Waals surface area contributed by atoms with Gasteiger partial charge in [-0.1, -0.05) is 12.1 Å². The molecule has 0 saturated carbocycles. The minimum absolute atomic E-state index is 0.0157. The molecule has 0 bridgehead atoms. The second-order valence-corrected chi connectivity index (χ2v) is 7.77. The normalized spacial score (nSPS) is 18.1. The highest BCUT2D eigenvalue weighted by atomic mass is 16.6. The molecular weight excluding hydrogens is 388 g/mol. The number of ether oxygens (including phenoxy) is 2. The van der Waals surface area contributed by atoms with E-state index in [4.69, 9.17) is 9.47 Å².